The van der Waals surface area contributed by atoms with E-state index in [2.05, 4.69) is 5.32 Å². The topological polar surface area (TPSA) is 38.3 Å². The highest BCUT2D eigenvalue weighted by Gasteiger charge is 2.11. The van der Waals surface area contributed by atoms with Crippen LogP contribution in [-0.4, -0.2) is 5.78 Å². The summed E-state index contributed by atoms with van der Waals surface area (Å²) >= 11 is 0. The summed E-state index contributed by atoms with van der Waals surface area (Å²) in [7, 11) is 0. The molecule has 0 aliphatic rings. The first-order valence-corrected chi connectivity index (χ1v) is 8.38. The van der Waals surface area contributed by atoms with Gasteiger partial charge in [0.2, 0.25) is 0 Å². The zero-order chi connectivity index (χ0) is 18.5. The maximum Gasteiger partial charge on any atom is 0.163 e. The third kappa shape index (κ3) is 4.28. The molecule has 132 valence electrons. The van der Waals surface area contributed by atoms with E-state index in [0.29, 0.717) is 29.3 Å². The quantitative estimate of drug-likeness (QED) is 0.584. The molecule has 0 atom stereocenters. The van der Waals surface area contributed by atoms with Crippen molar-refractivity contribution in [3.8, 4) is 5.75 Å². The van der Waals surface area contributed by atoms with E-state index in [0.717, 1.165) is 11.1 Å². The average molecular weight is 349 g/mol. The maximum absolute atomic E-state index is 14.0. The van der Waals surface area contributed by atoms with Gasteiger partial charge in [-0.3, -0.25) is 4.79 Å². The Balaban J connectivity index is 1.81. The van der Waals surface area contributed by atoms with Crippen molar-refractivity contribution in [1.29, 1.82) is 0 Å². The molecule has 3 aromatic rings. The van der Waals surface area contributed by atoms with E-state index < -0.39 is 0 Å². The molecular weight excluding hydrogens is 329 g/mol. The number of hydrogen-bond acceptors (Lipinski definition) is 3. The molecule has 0 saturated carbocycles. The van der Waals surface area contributed by atoms with Crippen molar-refractivity contribution in [2.24, 2.45) is 0 Å². The number of nitrogens with one attached hydrogen (secondary N) is 1. The van der Waals surface area contributed by atoms with Crippen LogP contribution in [0.1, 0.15) is 28.4 Å². The fraction of sp³-hybridized carbons (Fsp3) is 0.136. The molecule has 0 spiro atoms. The van der Waals surface area contributed by atoms with Crippen LogP contribution in [0.4, 0.5) is 15.8 Å². The van der Waals surface area contributed by atoms with E-state index in [1.165, 1.54) is 13.0 Å². The summed E-state index contributed by atoms with van der Waals surface area (Å²) in [6.45, 7) is 3.70. The van der Waals surface area contributed by atoms with Crippen LogP contribution >= 0.6 is 0 Å². The summed E-state index contributed by atoms with van der Waals surface area (Å²) in [6.07, 6.45) is 0. The molecular formula is C22H20FNO2. The number of ketones is 1. The van der Waals surface area contributed by atoms with Gasteiger partial charge >= 0.3 is 0 Å². The van der Waals surface area contributed by atoms with Crippen LogP contribution in [-0.2, 0) is 6.61 Å². The maximum atomic E-state index is 14.0. The van der Waals surface area contributed by atoms with Gasteiger partial charge in [-0.2, -0.15) is 0 Å². The Kier molecular flexibility index (Phi) is 5.32. The Labute approximate surface area is 152 Å². The Morgan fingerprint density at radius 3 is 2.50 bits per heavy atom. The number of ether oxygens (including phenoxy) is 1. The molecule has 0 radical (unpaired) electrons. The molecule has 3 nitrogen and oxygen atoms in total. The van der Waals surface area contributed by atoms with Crippen molar-refractivity contribution in [3.63, 3.8) is 0 Å². The molecule has 0 bridgehead atoms. The van der Waals surface area contributed by atoms with Gasteiger partial charge in [-0.25, -0.2) is 4.39 Å². The molecule has 4 heteroatoms. The molecule has 0 unspecified atom stereocenters. The van der Waals surface area contributed by atoms with Crippen molar-refractivity contribution in [3.05, 3.63) is 89.2 Å². The summed E-state index contributed by atoms with van der Waals surface area (Å²) in [5, 5.41) is 3.01. The second-order valence-corrected chi connectivity index (χ2v) is 6.15. The highest BCUT2D eigenvalue weighted by Crippen LogP contribution is 2.27. The lowest BCUT2D eigenvalue weighted by atomic mass is 10.1. The summed E-state index contributed by atoms with van der Waals surface area (Å²) in [4.78, 5) is 12.0. The Morgan fingerprint density at radius 1 is 1.04 bits per heavy atom. The molecule has 0 aliphatic carbocycles. The van der Waals surface area contributed by atoms with Crippen molar-refractivity contribution in [1.82, 2.24) is 0 Å². The molecule has 0 saturated heterocycles. The molecule has 1 N–H and O–H groups in total. The average Bonchev–Trinajstić information content (AvgIpc) is 2.63. The normalized spacial score (nSPS) is 10.4. The summed E-state index contributed by atoms with van der Waals surface area (Å²) in [6, 6.07) is 19.9. The third-order valence-corrected chi connectivity index (χ3v) is 4.00. The number of benzene rings is 3. The Hall–Kier alpha value is -3.14. The van der Waals surface area contributed by atoms with Crippen LogP contribution in [0.3, 0.4) is 0 Å². The SMILES string of the molecule is CC(=O)c1cc(Nc2ccc(C)cc2F)ccc1OCc1ccccc1. The van der Waals surface area contributed by atoms with Gasteiger partial charge in [0.25, 0.3) is 0 Å². The number of carbonyl (C=O) groups is 1. The molecule has 0 amide bonds. The molecule has 26 heavy (non-hydrogen) atoms. The standard InChI is InChI=1S/C22H20FNO2/c1-15-8-10-21(20(23)12-15)24-18-9-11-22(19(13-18)16(2)25)26-14-17-6-4-3-5-7-17/h3-13,24H,14H2,1-2H3. The van der Waals surface area contributed by atoms with Crippen LogP contribution in [0.2, 0.25) is 0 Å². The molecule has 0 fully saturated rings. The Morgan fingerprint density at radius 2 is 1.81 bits per heavy atom. The van der Waals surface area contributed by atoms with E-state index >= 15 is 0 Å². The van der Waals surface area contributed by atoms with Gasteiger partial charge in [0.1, 0.15) is 18.2 Å². The van der Waals surface area contributed by atoms with Crippen LogP contribution in [0.25, 0.3) is 0 Å². The fourth-order valence-electron chi connectivity index (χ4n) is 2.62. The van der Waals surface area contributed by atoms with Gasteiger partial charge in [-0.15, -0.1) is 0 Å². The van der Waals surface area contributed by atoms with Crippen molar-refractivity contribution >= 4 is 17.2 Å². The number of Topliss-reactive ketones (excluding diaryl/α,β-unsaturated/α-hetero) is 1. The lowest BCUT2D eigenvalue weighted by Gasteiger charge is -2.13. The second kappa shape index (κ2) is 7.83. The van der Waals surface area contributed by atoms with Crippen LogP contribution in [0.15, 0.2) is 66.7 Å². The lowest BCUT2D eigenvalue weighted by Crippen LogP contribution is -2.03. The monoisotopic (exact) mass is 349 g/mol. The summed E-state index contributed by atoms with van der Waals surface area (Å²) in [5.74, 6) is 0.0659. The van der Waals surface area contributed by atoms with Gasteiger partial charge in [-0.05, 0) is 55.3 Å². The number of hydrogen-bond donors (Lipinski definition) is 1. The van der Waals surface area contributed by atoms with Crippen LogP contribution in [0.5, 0.6) is 5.75 Å². The molecule has 0 heterocycles. The van der Waals surface area contributed by atoms with Gasteiger partial charge < -0.3 is 10.1 Å². The summed E-state index contributed by atoms with van der Waals surface area (Å²) in [5.41, 5.74) is 3.32. The predicted octanol–water partition coefficient (Wildman–Crippen LogP) is 5.66. The number of carbonyl (C=O) groups excluding carboxylic acids is 1. The summed E-state index contributed by atoms with van der Waals surface area (Å²) < 4.78 is 19.8. The molecule has 3 rings (SSSR count). The number of rotatable bonds is 6. The van der Waals surface area contributed by atoms with Crippen molar-refractivity contribution in [2.75, 3.05) is 5.32 Å². The first-order chi connectivity index (χ1) is 12.5. The van der Waals surface area contributed by atoms with Gasteiger partial charge in [0.15, 0.2) is 5.78 Å². The van der Waals surface area contributed by atoms with Crippen molar-refractivity contribution < 1.29 is 13.9 Å². The molecule has 3 aromatic carbocycles. The lowest BCUT2D eigenvalue weighted by molar-refractivity contribution is 0.101. The van der Waals surface area contributed by atoms with Crippen LogP contribution < -0.4 is 10.1 Å². The van der Waals surface area contributed by atoms with E-state index in [-0.39, 0.29) is 11.6 Å². The number of halogens is 1. The largest absolute Gasteiger partial charge is 0.488 e. The predicted molar refractivity (Wildman–Crippen MR) is 102 cm³/mol. The van der Waals surface area contributed by atoms with E-state index in [1.807, 2.05) is 43.3 Å². The Bertz CT molecular complexity index is 923. The first-order valence-electron chi connectivity index (χ1n) is 8.38. The highest BCUT2D eigenvalue weighted by molar-refractivity contribution is 5.98. The van der Waals surface area contributed by atoms with E-state index in [4.69, 9.17) is 4.74 Å². The zero-order valence-electron chi connectivity index (χ0n) is 14.8. The minimum atomic E-state index is -0.334. The number of anilines is 2. The zero-order valence-corrected chi connectivity index (χ0v) is 14.8. The van der Waals surface area contributed by atoms with Gasteiger partial charge in [0.05, 0.1) is 11.3 Å². The van der Waals surface area contributed by atoms with E-state index in [1.54, 1.807) is 24.3 Å². The first kappa shape index (κ1) is 17.7. The smallest absolute Gasteiger partial charge is 0.163 e. The van der Waals surface area contributed by atoms with Gasteiger partial charge in [-0.1, -0.05) is 36.4 Å². The van der Waals surface area contributed by atoms with Crippen LogP contribution in [0, 0.1) is 12.7 Å². The number of aryl methyl sites for hydroxylation is 1. The molecule has 0 aliphatic heterocycles. The van der Waals surface area contributed by atoms with E-state index in [9.17, 15) is 9.18 Å². The van der Waals surface area contributed by atoms with Crippen molar-refractivity contribution in [2.45, 2.75) is 20.5 Å². The second-order valence-electron chi connectivity index (χ2n) is 6.15. The fourth-order valence-corrected chi connectivity index (χ4v) is 2.62. The molecule has 0 aromatic heterocycles. The van der Waals surface area contributed by atoms with Gasteiger partial charge in [0, 0.05) is 5.69 Å². The highest BCUT2D eigenvalue weighted by atomic mass is 19.1. The minimum Gasteiger partial charge on any atom is -0.488 e. The third-order valence-electron chi connectivity index (χ3n) is 4.00. The minimum absolute atomic E-state index is 0.110.